The summed E-state index contributed by atoms with van der Waals surface area (Å²) in [6, 6.07) is 10.7. The Hall–Kier alpha value is -1.92. The van der Waals surface area contributed by atoms with Crippen LogP contribution in [-0.4, -0.2) is 49.1 Å². The number of guanidine groups is 1. The van der Waals surface area contributed by atoms with Crippen LogP contribution >= 0.6 is 11.3 Å². The summed E-state index contributed by atoms with van der Waals surface area (Å²) in [5.74, 6) is 1.64. The van der Waals surface area contributed by atoms with Crippen LogP contribution in [0.1, 0.15) is 42.5 Å². The smallest absolute Gasteiger partial charge is 0.190 e. The van der Waals surface area contributed by atoms with Crippen molar-refractivity contribution in [1.29, 1.82) is 0 Å². The summed E-state index contributed by atoms with van der Waals surface area (Å²) in [5.41, 5.74) is 2.64. The molecule has 0 atom stereocenters. The van der Waals surface area contributed by atoms with Gasteiger partial charge in [-0.3, -0.25) is 9.89 Å². The molecule has 158 valence electrons. The maximum Gasteiger partial charge on any atom is 0.190 e. The molecular formula is C23H35N5S. The first-order valence-electron chi connectivity index (χ1n) is 10.9. The van der Waals surface area contributed by atoms with E-state index in [2.05, 4.69) is 63.2 Å². The summed E-state index contributed by atoms with van der Waals surface area (Å²) >= 11 is 1.79. The first-order chi connectivity index (χ1) is 14.3. The number of hydrogen-bond acceptors (Lipinski definition) is 4. The lowest BCUT2D eigenvalue weighted by Gasteiger charge is -2.31. The molecule has 2 N–H and O–H groups in total. The molecule has 5 nitrogen and oxygen atoms in total. The van der Waals surface area contributed by atoms with Crippen molar-refractivity contribution in [2.75, 3.05) is 33.2 Å². The Bertz CT molecular complexity index is 735. The van der Waals surface area contributed by atoms with Gasteiger partial charge in [-0.15, -0.1) is 11.3 Å². The topological polar surface area (TPSA) is 52.6 Å². The number of nitrogens with one attached hydrogen (secondary N) is 2. The third-order valence-electron chi connectivity index (χ3n) is 5.55. The van der Waals surface area contributed by atoms with Crippen molar-refractivity contribution in [2.24, 2.45) is 10.9 Å². The van der Waals surface area contributed by atoms with Gasteiger partial charge in [-0.25, -0.2) is 4.98 Å². The monoisotopic (exact) mass is 413 g/mol. The Labute approximate surface area is 179 Å². The number of piperidine rings is 1. The van der Waals surface area contributed by atoms with E-state index in [-0.39, 0.29) is 0 Å². The Kier molecular flexibility index (Phi) is 8.96. The second kappa shape index (κ2) is 11.9. The maximum absolute atomic E-state index is 4.71. The van der Waals surface area contributed by atoms with Crippen LogP contribution in [0.2, 0.25) is 0 Å². The summed E-state index contributed by atoms with van der Waals surface area (Å²) in [5, 5.41) is 10.4. The van der Waals surface area contributed by atoms with Crippen molar-refractivity contribution < 1.29 is 0 Å². The number of likely N-dealkylation sites (tertiary alicyclic amines) is 1. The van der Waals surface area contributed by atoms with Gasteiger partial charge in [-0.2, -0.15) is 0 Å². The van der Waals surface area contributed by atoms with E-state index >= 15 is 0 Å². The van der Waals surface area contributed by atoms with Gasteiger partial charge in [0, 0.05) is 32.1 Å². The molecule has 2 heterocycles. The zero-order valence-corrected chi connectivity index (χ0v) is 18.7. The summed E-state index contributed by atoms with van der Waals surface area (Å²) in [6.07, 6.45) is 5.73. The number of nitrogens with zero attached hydrogens (tertiary/aromatic N) is 3. The first kappa shape index (κ1) is 21.8. The highest BCUT2D eigenvalue weighted by molar-refractivity contribution is 7.09. The standard InChI is InChI=1S/C23H35N5S/c1-3-22-27-21(18-29-22)17-28-14-11-20(12-15-28)16-26-23(24-2)25-13-7-10-19-8-5-4-6-9-19/h4-6,8-9,18,20H,3,7,10-17H2,1-2H3,(H2,24,25,26). The maximum atomic E-state index is 4.71. The van der Waals surface area contributed by atoms with Crippen LogP contribution in [0, 0.1) is 5.92 Å². The predicted molar refractivity (Wildman–Crippen MR) is 124 cm³/mol. The van der Waals surface area contributed by atoms with E-state index in [4.69, 9.17) is 4.98 Å². The molecule has 0 spiro atoms. The molecule has 0 bridgehead atoms. The van der Waals surface area contributed by atoms with E-state index in [1.807, 2.05) is 7.05 Å². The minimum Gasteiger partial charge on any atom is -0.356 e. The van der Waals surface area contributed by atoms with Gasteiger partial charge in [-0.1, -0.05) is 37.3 Å². The first-order valence-corrected chi connectivity index (χ1v) is 11.8. The quantitative estimate of drug-likeness (QED) is 0.374. The van der Waals surface area contributed by atoms with Gasteiger partial charge < -0.3 is 10.6 Å². The fraction of sp³-hybridized carbons (Fsp3) is 0.565. The minimum atomic E-state index is 0.718. The molecule has 1 aliphatic heterocycles. The number of rotatable bonds is 9. The molecule has 0 amide bonds. The van der Waals surface area contributed by atoms with Crippen LogP contribution in [-0.2, 0) is 19.4 Å². The fourth-order valence-corrected chi connectivity index (χ4v) is 4.50. The largest absolute Gasteiger partial charge is 0.356 e. The second-order valence-electron chi connectivity index (χ2n) is 7.77. The van der Waals surface area contributed by atoms with Gasteiger partial charge in [0.15, 0.2) is 5.96 Å². The summed E-state index contributed by atoms with van der Waals surface area (Å²) in [4.78, 5) is 11.6. The third-order valence-corrected chi connectivity index (χ3v) is 6.60. The average Bonchev–Trinajstić information content (AvgIpc) is 3.22. The molecule has 1 fully saturated rings. The molecule has 2 aromatic rings. The number of aromatic nitrogens is 1. The lowest BCUT2D eigenvalue weighted by Crippen LogP contribution is -2.43. The van der Waals surface area contributed by atoms with Gasteiger partial charge in [0.05, 0.1) is 10.7 Å². The summed E-state index contributed by atoms with van der Waals surface area (Å²) in [7, 11) is 1.85. The van der Waals surface area contributed by atoms with E-state index in [0.29, 0.717) is 0 Å². The van der Waals surface area contributed by atoms with Gasteiger partial charge in [0.1, 0.15) is 0 Å². The molecule has 6 heteroatoms. The van der Waals surface area contributed by atoms with E-state index in [0.717, 1.165) is 63.9 Å². The lowest BCUT2D eigenvalue weighted by molar-refractivity contribution is 0.176. The van der Waals surface area contributed by atoms with Gasteiger partial charge in [-0.05, 0) is 56.7 Å². The zero-order chi connectivity index (χ0) is 20.3. The van der Waals surface area contributed by atoms with Crippen LogP contribution in [0.15, 0.2) is 40.7 Å². The average molecular weight is 414 g/mol. The molecule has 29 heavy (non-hydrogen) atoms. The Morgan fingerprint density at radius 2 is 2.00 bits per heavy atom. The van der Waals surface area contributed by atoms with Crippen molar-refractivity contribution in [3.8, 4) is 0 Å². The molecular weight excluding hydrogens is 378 g/mol. The molecule has 1 saturated heterocycles. The minimum absolute atomic E-state index is 0.718. The van der Waals surface area contributed by atoms with Crippen LogP contribution in [0.5, 0.6) is 0 Å². The second-order valence-corrected chi connectivity index (χ2v) is 8.72. The number of benzene rings is 1. The van der Waals surface area contributed by atoms with Crippen molar-refractivity contribution >= 4 is 17.3 Å². The predicted octanol–water partition coefficient (Wildman–Crippen LogP) is 3.72. The van der Waals surface area contributed by atoms with Crippen LogP contribution < -0.4 is 10.6 Å². The Morgan fingerprint density at radius 1 is 1.21 bits per heavy atom. The van der Waals surface area contributed by atoms with Crippen molar-refractivity contribution in [1.82, 2.24) is 20.5 Å². The third kappa shape index (κ3) is 7.44. The molecule has 1 aromatic carbocycles. The Balaban J connectivity index is 1.29. The van der Waals surface area contributed by atoms with E-state index in [1.165, 1.54) is 29.1 Å². The molecule has 1 aromatic heterocycles. The highest BCUT2D eigenvalue weighted by Gasteiger charge is 2.20. The normalized spacial score (nSPS) is 16.1. The number of aliphatic imine (C=N–C) groups is 1. The Morgan fingerprint density at radius 3 is 2.69 bits per heavy atom. The lowest BCUT2D eigenvalue weighted by atomic mass is 9.97. The number of aryl methyl sites for hydroxylation is 2. The molecule has 0 saturated carbocycles. The summed E-state index contributed by atoms with van der Waals surface area (Å²) < 4.78 is 0. The van der Waals surface area contributed by atoms with Crippen molar-refractivity contribution in [3.63, 3.8) is 0 Å². The van der Waals surface area contributed by atoms with Crippen LogP contribution in [0.4, 0.5) is 0 Å². The van der Waals surface area contributed by atoms with Gasteiger partial charge in [0.25, 0.3) is 0 Å². The molecule has 0 unspecified atom stereocenters. The van der Waals surface area contributed by atoms with E-state index in [1.54, 1.807) is 11.3 Å². The molecule has 0 aliphatic carbocycles. The summed E-state index contributed by atoms with van der Waals surface area (Å²) in [6.45, 7) is 7.45. The van der Waals surface area contributed by atoms with Crippen LogP contribution in [0.25, 0.3) is 0 Å². The highest BCUT2D eigenvalue weighted by Crippen LogP contribution is 2.19. The SMILES string of the molecule is CCc1nc(CN2CCC(CNC(=NC)NCCCc3ccccc3)CC2)cs1. The zero-order valence-electron chi connectivity index (χ0n) is 17.9. The van der Waals surface area contributed by atoms with E-state index in [9.17, 15) is 0 Å². The van der Waals surface area contributed by atoms with Gasteiger partial charge >= 0.3 is 0 Å². The molecule has 0 radical (unpaired) electrons. The van der Waals surface area contributed by atoms with Gasteiger partial charge in [0.2, 0.25) is 0 Å². The van der Waals surface area contributed by atoms with E-state index < -0.39 is 0 Å². The number of thiazole rings is 1. The van der Waals surface area contributed by atoms with Crippen LogP contribution in [0.3, 0.4) is 0 Å². The fourth-order valence-electron chi connectivity index (χ4n) is 3.77. The highest BCUT2D eigenvalue weighted by atomic mass is 32.1. The number of hydrogen-bond donors (Lipinski definition) is 2. The molecule has 1 aliphatic rings. The van der Waals surface area contributed by atoms with Crippen molar-refractivity contribution in [3.05, 3.63) is 52.0 Å². The van der Waals surface area contributed by atoms with Crippen molar-refractivity contribution in [2.45, 2.75) is 45.6 Å². The molecule has 3 rings (SSSR count).